The first-order chi connectivity index (χ1) is 14.0. The van der Waals surface area contributed by atoms with Gasteiger partial charge >= 0.3 is 0 Å². The lowest BCUT2D eigenvalue weighted by molar-refractivity contribution is -0.140. The molecule has 1 aliphatic heterocycles. The molecule has 0 aliphatic carbocycles. The Hall–Kier alpha value is -3.49. The van der Waals surface area contributed by atoms with Crippen LogP contribution in [0.25, 0.3) is 0 Å². The van der Waals surface area contributed by atoms with Gasteiger partial charge < -0.3 is 15.8 Å². The second kappa shape index (κ2) is 7.40. The van der Waals surface area contributed by atoms with Crippen LogP contribution in [0.1, 0.15) is 36.8 Å². The predicted octanol–water partition coefficient (Wildman–Crippen LogP) is 2.51. The lowest BCUT2D eigenvalue weighted by Crippen LogP contribution is -2.58. The first-order valence-corrected chi connectivity index (χ1v) is 9.27. The van der Waals surface area contributed by atoms with E-state index in [-0.39, 0.29) is 23.1 Å². The van der Waals surface area contributed by atoms with E-state index in [0.717, 1.165) is 0 Å². The van der Waals surface area contributed by atoms with Gasteiger partial charge in [-0.3, -0.25) is 14.5 Å². The van der Waals surface area contributed by atoms with Gasteiger partial charge in [-0.25, -0.2) is 14.4 Å². The Morgan fingerprint density at radius 3 is 2.63 bits per heavy atom. The number of nitrogens with zero attached hydrogens (tertiary/aromatic N) is 3. The molecule has 2 aromatic rings. The number of guanidine groups is 1. The van der Waals surface area contributed by atoms with Crippen molar-refractivity contribution >= 4 is 23.5 Å². The number of carbonyl (C=O) groups is 2. The number of amides is 2. The van der Waals surface area contributed by atoms with Crippen LogP contribution in [0, 0.1) is 11.2 Å². The molecule has 0 radical (unpaired) electrons. The van der Waals surface area contributed by atoms with Crippen LogP contribution in [-0.4, -0.2) is 41.8 Å². The van der Waals surface area contributed by atoms with E-state index in [9.17, 15) is 14.0 Å². The Kier molecular flexibility index (Phi) is 5.23. The van der Waals surface area contributed by atoms with Crippen molar-refractivity contribution < 1.29 is 18.7 Å². The summed E-state index contributed by atoms with van der Waals surface area (Å²) in [5.74, 6) is -1.06. The summed E-state index contributed by atoms with van der Waals surface area (Å²) in [6, 6.07) is 7.36. The van der Waals surface area contributed by atoms with E-state index in [1.807, 2.05) is 0 Å². The van der Waals surface area contributed by atoms with E-state index in [1.165, 1.54) is 43.5 Å². The molecule has 0 fully saturated rings. The molecule has 3 rings (SSSR count). The molecule has 3 N–H and O–H groups in total. The normalized spacial score (nSPS) is 20.5. The number of nitrogens with one attached hydrogen (secondary N) is 1. The zero-order chi connectivity index (χ0) is 22.3. The number of nitrogens with two attached hydrogens (primary N) is 1. The molecule has 0 saturated carbocycles. The molecule has 1 aliphatic rings. The molecule has 158 valence electrons. The van der Waals surface area contributed by atoms with Crippen LogP contribution in [0.3, 0.4) is 0 Å². The van der Waals surface area contributed by atoms with Crippen LogP contribution < -0.4 is 15.8 Å². The quantitative estimate of drug-likeness (QED) is 0.800. The fraction of sp³-hybridized carbons (Fsp3) is 0.333. The number of aliphatic imine (C=N–C) groups is 1. The number of anilines is 1. The highest BCUT2D eigenvalue weighted by molar-refractivity contribution is 6.05. The maximum Gasteiger partial charge on any atom is 0.278 e. The summed E-state index contributed by atoms with van der Waals surface area (Å²) < 4.78 is 20.1. The van der Waals surface area contributed by atoms with Crippen LogP contribution in [0.2, 0.25) is 0 Å². The van der Waals surface area contributed by atoms with Crippen LogP contribution in [0.4, 0.5) is 10.1 Å². The van der Waals surface area contributed by atoms with Crippen LogP contribution in [-0.2, 0) is 10.3 Å². The fourth-order valence-corrected chi connectivity index (χ4v) is 3.46. The molecule has 0 saturated heterocycles. The van der Waals surface area contributed by atoms with Crippen molar-refractivity contribution in [3.8, 4) is 5.75 Å². The van der Waals surface area contributed by atoms with E-state index < -0.39 is 22.7 Å². The third-order valence-corrected chi connectivity index (χ3v) is 5.69. The van der Waals surface area contributed by atoms with Gasteiger partial charge in [-0.1, -0.05) is 0 Å². The number of benzene rings is 1. The fourth-order valence-electron chi connectivity index (χ4n) is 3.46. The monoisotopic (exact) mass is 413 g/mol. The molecular formula is C21H24FN5O3. The van der Waals surface area contributed by atoms with Crippen molar-refractivity contribution in [3.63, 3.8) is 0 Å². The topological polar surface area (TPSA) is 110 Å². The predicted molar refractivity (Wildman–Crippen MR) is 111 cm³/mol. The standard InChI is InChI=1S/C21H24FN5O3/c1-20(2)18(29)27(4)19(23)26-21(20,3)13-11-12(8-9-14(13)22)25-17(28)16-15(30-5)7-6-10-24-16/h6-11H,1-5H3,(H2,23,26)(H,25,28)/t21-/m1/s1. The minimum Gasteiger partial charge on any atom is -0.494 e. The van der Waals surface area contributed by atoms with Crippen molar-refractivity contribution in [1.29, 1.82) is 0 Å². The number of hydrogen-bond donors (Lipinski definition) is 2. The summed E-state index contributed by atoms with van der Waals surface area (Å²) in [5.41, 5.74) is 4.11. The molecule has 9 heteroatoms. The lowest BCUT2D eigenvalue weighted by atomic mass is 9.67. The Bertz CT molecular complexity index is 1050. The van der Waals surface area contributed by atoms with Gasteiger partial charge in [0.25, 0.3) is 5.91 Å². The summed E-state index contributed by atoms with van der Waals surface area (Å²) in [7, 11) is 2.96. The van der Waals surface area contributed by atoms with Gasteiger partial charge in [0, 0.05) is 24.5 Å². The van der Waals surface area contributed by atoms with Crippen LogP contribution in [0.5, 0.6) is 5.75 Å². The smallest absolute Gasteiger partial charge is 0.278 e. The maximum absolute atomic E-state index is 14.9. The number of pyridine rings is 1. The van der Waals surface area contributed by atoms with Gasteiger partial charge in [-0.2, -0.15) is 0 Å². The van der Waals surface area contributed by atoms with E-state index in [1.54, 1.807) is 32.9 Å². The summed E-state index contributed by atoms with van der Waals surface area (Å²) in [6.07, 6.45) is 1.47. The SMILES string of the molecule is COc1cccnc1C(=O)Nc1ccc(F)c([C@@]2(C)N=C(N)N(C)C(=O)C2(C)C)c1. The third kappa shape index (κ3) is 3.26. The average molecular weight is 413 g/mol. The van der Waals surface area contributed by atoms with Gasteiger partial charge in [-0.05, 0) is 51.1 Å². The summed E-state index contributed by atoms with van der Waals surface area (Å²) in [5, 5.41) is 2.69. The van der Waals surface area contributed by atoms with Gasteiger partial charge in [0.05, 0.1) is 12.5 Å². The number of methoxy groups -OCH3 is 1. The number of halogens is 1. The molecule has 0 bridgehead atoms. The molecule has 1 atom stereocenters. The van der Waals surface area contributed by atoms with Gasteiger partial charge in [-0.15, -0.1) is 0 Å². The third-order valence-electron chi connectivity index (χ3n) is 5.69. The second-order valence-corrected chi connectivity index (χ2v) is 7.73. The van der Waals surface area contributed by atoms with Crippen molar-refractivity contribution in [2.24, 2.45) is 16.1 Å². The first-order valence-electron chi connectivity index (χ1n) is 9.27. The van der Waals surface area contributed by atoms with Crippen molar-refractivity contribution in [2.75, 3.05) is 19.5 Å². The highest BCUT2D eigenvalue weighted by Crippen LogP contribution is 2.47. The number of carbonyl (C=O) groups excluding carboxylic acids is 2. The Balaban J connectivity index is 2.04. The van der Waals surface area contributed by atoms with Crippen molar-refractivity contribution in [1.82, 2.24) is 9.88 Å². The second-order valence-electron chi connectivity index (χ2n) is 7.73. The van der Waals surface area contributed by atoms with E-state index in [4.69, 9.17) is 10.5 Å². The average Bonchev–Trinajstić information content (AvgIpc) is 2.72. The molecular weight excluding hydrogens is 389 g/mol. The minimum atomic E-state index is -1.28. The summed E-state index contributed by atoms with van der Waals surface area (Å²) in [6.45, 7) is 5.02. The Morgan fingerprint density at radius 2 is 1.97 bits per heavy atom. The van der Waals surface area contributed by atoms with E-state index in [2.05, 4.69) is 15.3 Å². The molecule has 2 heterocycles. The molecule has 1 aromatic heterocycles. The zero-order valence-corrected chi connectivity index (χ0v) is 17.5. The van der Waals surface area contributed by atoms with Gasteiger partial charge in [0.1, 0.15) is 17.1 Å². The summed E-state index contributed by atoms with van der Waals surface area (Å²) >= 11 is 0. The number of hydrogen-bond acceptors (Lipinski definition) is 6. The minimum absolute atomic E-state index is 0.00566. The lowest BCUT2D eigenvalue weighted by Gasteiger charge is -2.46. The highest BCUT2D eigenvalue weighted by atomic mass is 19.1. The molecule has 1 aromatic carbocycles. The molecule has 0 unspecified atom stereocenters. The Morgan fingerprint density at radius 1 is 1.27 bits per heavy atom. The zero-order valence-electron chi connectivity index (χ0n) is 17.5. The molecule has 30 heavy (non-hydrogen) atoms. The first kappa shape index (κ1) is 21.2. The van der Waals surface area contributed by atoms with E-state index in [0.29, 0.717) is 11.4 Å². The van der Waals surface area contributed by atoms with Crippen LogP contribution in [0.15, 0.2) is 41.5 Å². The summed E-state index contributed by atoms with van der Waals surface area (Å²) in [4.78, 5) is 35.2. The van der Waals surface area contributed by atoms with Crippen LogP contribution >= 0.6 is 0 Å². The van der Waals surface area contributed by atoms with Crippen molar-refractivity contribution in [3.05, 3.63) is 53.6 Å². The van der Waals surface area contributed by atoms with Gasteiger partial charge in [0.2, 0.25) is 5.91 Å². The number of rotatable bonds is 4. The molecule has 2 amide bonds. The maximum atomic E-state index is 14.9. The number of ether oxygens (including phenoxy) is 1. The Labute approximate surface area is 173 Å². The van der Waals surface area contributed by atoms with Crippen molar-refractivity contribution in [2.45, 2.75) is 26.3 Å². The highest BCUT2D eigenvalue weighted by Gasteiger charge is 2.53. The largest absolute Gasteiger partial charge is 0.494 e. The molecule has 0 spiro atoms. The van der Waals surface area contributed by atoms with E-state index >= 15 is 0 Å². The molecule has 8 nitrogen and oxygen atoms in total. The number of aromatic nitrogens is 1. The van der Waals surface area contributed by atoms with Gasteiger partial charge in [0.15, 0.2) is 11.7 Å².